The van der Waals surface area contributed by atoms with Crippen LogP contribution in [0, 0.1) is 5.82 Å². The number of nitrogens with one attached hydrogen (secondary N) is 1. The fourth-order valence-electron chi connectivity index (χ4n) is 5.31. The van der Waals surface area contributed by atoms with E-state index < -0.39 is 0 Å². The van der Waals surface area contributed by atoms with Crippen LogP contribution in [0.5, 0.6) is 17.2 Å². The summed E-state index contributed by atoms with van der Waals surface area (Å²) in [7, 11) is 1.74. The van der Waals surface area contributed by atoms with Crippen LogP contribution in [-0.4, -0.2) is 65.8 Å². The third-order valence-electron chi connectivity index (χ3n) is 7.40. The summed E-state index contributed by atoms with van der Waals surface area (Å²) in [5, 5.41) is 3.49. The lowest BCUT2D eigenvalue weighted by molar-refractivity contribution is 0.0106. The van der Waals surface area contributed by atoms with E-state index >= 15 is 0 Å². The van der Waals surface area contributed by atoms with Gasteiger partial charge in [0.2, 0.25) is 0 Å². The molecule has 2 heterocycles. The number of nitrogens with zero attached hydrogens (tertiary/aromatic N) is 1. The van der Waals surface area contributed by atoms with Crippen LogP contribution in [-0.2, 0) is 16.1 Å². The van der Waals surface area contributed by atoms with E-state index in [0.29, 0.717) is 25.7 Å². The van der Waals surface area contributed by atoms with Crippen molar-refractivity contribution in [2.24, 2.45) is 0 Å². The fraction of sp³-hybridized carbons (Fsp3) is 0.438. The third kappa shape index (κ3) is 7.44. The van der Waals surface area contributed by atoms with Crippen molar-refractivity contribution in [3.05, 3.63) is 83.7 Å². The van der Waals surface area contributed by atoms with E-state index in [1.807, 2.05) is 12.1 Å². The number of ether oxygens (including phenoxy) is 5. The van der Waals surface area contributed by atoms with Crippen LogP contribution in [0.2, 0.25) is 0 Å². The Bertz CT molecular complexity index is 1210. The van der Waals surface area contributed by atoms with Gasteiger partial charge in [0.05, 0.1) is 24.9 Å². The van der Waals surface area contributed by atoms with Gasteiger partial charge in [0.15, 0.2) is 11.6 Å². The lowest BCUT2D eigenvalue weighted by Crippen LogP contribution is -2.41. The number of benzene rings is 3. The quantitative estimate of drug-likeness (QED) is 0.294. The summed E-state index contributed by atoms with van der Waals surface area (Å²) in [4.78, 5) is 2.38. The molecule has 2 aliphatic rings. The lowest BCUT2D eigenvalue weighted by atomic mass is 9.87. The Kier molecular flexibility index (Phi) is 10.1. The average molecular weight is 551 g/mol. The van der Waals surface area contributed by atoms with Gasteiger partial charge in [0.1, 0.15) is 31.3 Å². The molecule has 0 spiro atoms. The molecule has 0 saturated carbocycles. The number of hydrogen-bond donors (Lipinski definition) is 1. The largest absolute Gasteiger partial charge is 0.490 e. The Balaban J connectivity index is 1.14. The molecule has 2 aliphatic heterocycles. The Morgan fingerprint density at radius 1 is 1.00 bits per heavy atom. The van der Waals surface area contributed by atoms with Crippen molar-refractivity contribution >= 4 is 5.69 Å². The number of fused-ring (bicyclic) bond motifs is 1. The van der Waals surface area contributed by atoms with Gasteiger partial charge in [-0.05, 0) is 66.9 Å². The van der Waals surface area contributed by atoms with Crippen molar-refractivity contribution in [2.45, 2.75) is 31.5 Å². The molecule has 7 nitrogen and oxygen atoms in total. The Labute approximate surface area is 236 Å². The number of para-hydroxylation sites is 1. The molecule has 5 rings (SSSR count). The van der Waals surface area contributed by atoms with Crippen LogP contribution in [0.4, 0.5) is 10.1 Å². The minimum absolute atomic E-state index is 0.0692. The standard InChI is InChI=1S/C32H39FN2O5/c1-36-17-4-15-35-16-18-38-31-12-7-24(21-29(31)35)23-40-32-22-34-14-13-27(32)25-8-10-26(11-9-25)37-19-20-39-30-6-3-2-5-28(30)33/h2-3,5-12,21,27,32,34H,4,13-20,22-23H2,1H3/t27-,32+/m1/s1. The molecule has 0 aliphatic carbocycles. The van der Waals surface area contributed by atoms with Crippen molar-refractivity contribution in [3.63, 3.8) is 0 Å². The predicted molar refractivity (Wildman–Crippen MR) is 153 cm³/mol. The van der Waals surface area contributed by atoms with E-state index in [1.165, 1.54) is 11.6 Å². The van der Waals surface area contributed by atoms with Gasteiger partial charge in [-0.1, -0.05) is 30.3 Å². The molecule has 3 aromatic rings. The Hall–Kier alpha value is -3.33. The second-order valence-electron chi connectivity index (χ2n) is 10.1. The molecule has 0 radical (unpaired) electrons. The van der Waals surface area contributed by atoms with Crippen LogP contribution < -0.4 is 24.4 Å². The van der Waals surface area contributed by atoms with E-state index in [1.54, 1.807) is 25.3 Å². The van der Waals surface area contributed by atoms with Gasteiger partial charge in [0, 0.05) is 32.7 Å². The first-order valence-corrected chi connectivity index (χ1v) is 14.1. The van der Waals surface area contributed by atoms with Crippen LogP contribution in [0.25, 0.3) is 0 Å². The summed E-state index contributed by atoms with van der Waals surface area (Å²) in [6, 6.07) is 21.0. The molecular formula is C32H39FN2O5. The van der Waals surface area contributed by atoms with Gasteiger partial charge in [0.25, 0.3) is 0 Å². The zero-order chi connectivity index (χ0) is 27.6. The molecule has 3 aromatic carbocycles. The maximum Gasteiger partial charge on any atom is 0.165 e. The maximum absolute atomic E-state index is 13.7. The third-order valence-corrected chi connectivity index (χ3v) is 7.40. The van der Waals surface area contributed by atoms with Crippen molar-refractivity contribution in [1.29, 1.82) is 0 Å². The monoisotopic (exact) mass is 550 g/mol. The van der Waals surface area contributed by atoms with Gasteiger partial charge in [-0.15, -0.1) is 0 Å². The Morgan fingerprint density at radius 3 is 2.70 bits per heavy atom. The zero-order valence-corrected chi connectivity index (χ0v) is 23.2. The number of rotatable bonds is 13. The molecule has 8 heteroatoms. The number of halogens is 1. The minimum Gasteiger partial charge on any atom is -0.490 e. The van der Waals surface area contributed by atoms with E-state index in [-0.39, 0.29) is 24.3 Å². The van der Waals surface area contributed by atoms with Gasteiger partial charge in [-0.25, -0.2) is 4.39 Å². The molecule has 2 atom stereocenters. The summed E-state index contributed by atoms with van der Waals surface area (Å²) in [6.07, 6.45) is 2.06. The molecule has 1 N–H and O–H groups in total. The highest BCUT2D eigenvalue weighted by molar-refractivity contribution is 5.61. The smallest absolute Gasteiger partial charge is 0.165 e. The van der Waals surface area contributed by atoms with E-state index in [0.717, 1.165) is 68.4 Å². The van der Waals surface area contributed by atoms with E-state index in [2.05, 4.69) is 40.5 Å². The van der Waals surface area contributed by atoms with Gasteiger partial charge in [-0.3, -0.25) is 0 Å². The number of hydrogen-bond acceptors (Lipinski definition) is 7. The highest BCUT2D eigenvalue weighted by Crippen LogP contribution is 2.34. The summed E-state index contributed by atoms with van der Waals surface area (Å²) in [6.45, 7) is 6.21. The average Bonchev–Trinajstić information content (AvgIpc) is 3.00. The molecule has 1 fully saturated rings. The lowest BCUT2D eigenvalue weighted by Gasteiger charge is -2.33. The number of anilines is 1. The molecule has 0 unspecified atom stereocenters. The predicted octanol–water partition coefficient (Wildman–Crippen LogP) is 5.18. The number of methoxy groups -OCH3 is 1. The van der Waals surface area contributed by atoms with Gasteiger partial charge >= 0.3 is 0 Å². The molecule has 1 saturated heterocycles. The maximum atomic E-state index is 13.7. The summed E-state index contributed by atoms with van der Waals surface area (Å²) in [5.74, 6) is 1.86. The summed E-state index contributed by atoms with van der Waals surface area (Å²) in [5.41, 5.74) is 3.52. The van der Waals surface area contributed by atoms with Crippen molar-refractivity contribution in [2.75, 3.05) is 64.6 Å². The van der Waals surface area contributed by atoms with E-state index in [9.17, 15) is 4.39 Å². The first kappa shape index (κ1) is 28.2. The molecule has 214 valence electrons. The van der Waals surface area contributed by atoms with Crippen LogP contribution in [0.3, 0.4) is 0 Å². The van der Waals surface area contributed by atoms with Crippen LogP contribution in [0.15, 0.2) is 66.7 Å². The molecular weight excluding hydrogens is 511 g/mol. The molecule has 0 bridgehead atoms. The Morgan fingerprint density at radius 2 is 1.85 bits per heavy atom. The molecule has 0 amide bonds. The van der Waals surface area contributed by atoms with Crippen molar-refractivity contribution in [3.8, 4) is 17.2 Å². The molecule has 0 aromatic heterocycles. The minimum atomic E-state index is -0.369. The summed E-state index contributed by atoms with van der Waals surface area (Å²) < 4.78 is 42.6. The highest BCUT2D eigenvalue weighted by atomic mass is 19.1. The van der Waals surface area contributed by atoms with Crippen molar-refractivity contribution < 1.29 is 28.1 Å². The second kappa shape index (κ2) is 14.3. The SMILES string of the molecule is COCCCN1CCOc2ccc(CO[C@H]3CNCC[C@@H]3c3ccc(OCCOc4ccccc4F)cc3)cc21. The first-order valence-electron chi connectivity index (χ1n) is 14.1. The first-order chi connectivity index (χ1) is 19.7. The zero-order valence-electron chi connectivity index (χ0n) is 23.2. The molecule has 40 heavy (non-hydrogen) atoms. The van der Waals surface area contributed by atoms with Gasteiger partial charge in [-0.2, -0.15) is 0 Å². The topological polar surface area (TPSA) is 61.4 Å². The van der Waals surface area contributed by atoms with Gasteiger partial charge < -0.3 is 33.9 Å². The number of piperidine rings is 1. The normalized spacial score (nSPS) is 18.6. The second-order valence-corrected chi connectivity index (χ2v) is 10.1. The van der Waals surface area contributed by atoms with Crippen molar-refractivity contribution in [1.82, 2.24) is 5.32 Å². The van der Waals surface area contributed by atoms with Crippen LogP contribution in [0.1, 0.15) is 29.9 Å². The van der Waals surface area contributed by atoms with E-state index in [4.69, 9.17) is 23.7 Å². The summed E-state index contributed by atoms with van der Waals surface area (Å²) >= 11 is 0. The fourth-order valence-corrected chi connectivity index (χ4v) is 5.31. The van der Waals surface area contributed by atoms with Crippen LogP contribution >= 0.6 is 0 Å². The highest BCUT2D eigenvalue weighted by Gasteiger charge is 2.27.